The second kappa shape index (κ2) is 18.7. The number of rotatable bonds is 14. The molecule has 0 spiro atoms. The van der Waals surface area contributed by atoms with Crippen molar-refractivity contribution in [2.75, 3.05) is 19.4 Å². The van der Waals surface area contributed by atoms with Crippen LogP contribution in [0.2, 0.25) is 0 Å². The highest BCUT2D eigenvalue weighted by atomic mass is 16.5. The van der Waals surface area contributed by atoms with Crippen molar-refractivity contribution >= 4 is 28.2 Å². The number of phenols is 1. The lowest BCUT2D eigenvalue weighted by Gasteiger charge is -2.39. The second-order valence-electron chi connectivity index (χ2n) is 16.7. The number of ketones is 2. The second-order valence-corrected chi connectivity index (χ2v) is 16.7. The molecule has 1 aliphatic heterocycles. The lowest BCUT2D eigenvalue weighted by Crippen LogP contribution is -2.48. The van der Waals surface area contributed by atoms with Crippen molar-refractivity contribution in [3.8, 4) is 23.3 Å². The number of anilines is 1. The van der Waals surface area contributed by atoms with E-state index >= 15 is 0 Å². The number of aliphatic hydroxyl groups is 2. The molecule has 0 radical (unpaired) electrons. The zero-order chi connectivity index (χ0) is 39.9. The number of hydrogen-bond acceptors (Lipinski definition) is 9. The highest BCUT2D eigenvalue weighted by Crippen LogP contribution is 2.39. The van der Waals surface area contributed by atoms with Gasteiger partial charge in [-0.05, 0) is 127 Å². The third-order valence-electron chi connectivity index (χ3n) is 12.8. The molecule has 2 heterocycles. The quantitative estimate of drug-likeness (QED) is 0.0653. The van der Waals surface area contributed by atoms with Crippen LogP contribution < -0.4 is 15.8 Å². The fraction of sp³-hybridized carbons (Fsp3) is 0.479. The van der Waals surface area contributed by atoms with Crippen molar-refractivity contribution < 1.29 is 29.6 Å². The summed E-state index contributed by atoms with van der Waals surface area (Å²) < 4.78 is 5.44. The third-order valence-corrected chi connectivity index (χ3v) is 12.8. The van der Waals surface area contributed by atoms with Gasteiger partial charge in [0.2, 0.25) is 0 Å². The number of nitrogens with one attached hydrogen (secondary N) is 1. The Morgan fingerprint density at radius 3 is 2.58 bits per heavy atom. The van der Waals surface area contributed by atoms with Crippen molar-refractivity contribution in [3.63, 3.8) is 0 Å². The molecule has 8 atom stereocenters. The summed E-state index contributed by atoms with van der Waals surface area (Å²) in [6.07, 6.45) is 8.93. The molecule has 0 unspecified atom stereocenters. The van der Waals surface area contributed by atoms with Crippen LogP contribution in [0.4, 0.5) is 5.82 Å². The lowest BCUT2D eigenvalue weighted by molar-refractivity contribution is -0.124. The summed E-state index contributed by atoms with van der Waals surface area (Å²) >= 11 is 0. The number of pyridine rings is 1. The number of unbranched alkanes of at least 4 members (excludes halogenated alkanes) is 1. The van der Waals surface area contributed by atoms with E-state index in [4.69, 9.17) is 10.5 Å². The molecular weight excluding hydrogens is 715 g/mol. The van der Waals surface area contributed by atoms with Gasteiger partial charge in [-0.3, -0.25) is 9.59 Å². The average molecular weight is 772 g/mol. The van der Waals surface area contributed by atoms with E-state index in [1.165, 1.54) is 7.11 Å². The van der Waals surface area contributed by atoms with Gasteiger partial charge in [0.15, 0.2) is 17.3 Å². The summed E-state index contributed by atoms with van der Waals surface area (Å²) in [4.78, 5) is 29.8. The Hall–Kier alpha value is -4.75. The van der Waals surface area contributed by atoms with E-state index in [0.29, 0.717) is 80.2 Å². The number of aryl methyl sites for hydroxylation is 1. The Morgan fingerprint density at radius 2 is 1.75 bits per heavy atom. The summed E-state index contributed by atoms with van der Waals surface area (Å²) in [5.74, 6) is 7.42. The minimum absolute atomic E-state index is 0.00179. The van der Waals surface area contributed by atoms with Crippen LogP contribution >= 0.6 is 0 Å². The monoisotopic (exact) mass is 771 g/mol. The molecule has 0 amide bonds. The molecule has 57 heavy (non-hydrogen) atoms. The first kappa shape index (κ1) is 40.4. The summed E-state index contributed by atoms with van der Waals surface area (Å²) in [5.41, 5.74) is 9.86. The summed E-state index contributed by atoms with van der Waals surface area (Å²) in [7, 11) is 1.50. The van der Waals surface area contributed by atoms with Crippen molar-refractivity contribution in [1.29, 1.82) is 0 Å². The molecule has 7 rings (SSSR count). The first-order chi connectivity index (χ1) is 27.6. The number of aliphatic hydroxyl groups excluding tert-OH is 2. The van der Waals surface area contributed by atoms with Crippen LogP contribution in [0.3, 0.4) is 0 Å². The number of ether oxygens (including phenoxy) is 1. The maximum atomic E-state index is 13.7. The van der Waals surface area contributed by atoms with Crippen LogP contribution in [0.5, 0.6) is 11.5 Å². The molecule has 9 nitrogen and oxygen atoms in total. The standard InChI is InChI=1S/C48H57N3O6/c1-57-47-24-35-15-19-45(55)40(44(54)9-5-2-6-30-22-37-13-17-39(53)27-43(37)51-29-30)18-14-32(42(35)28-46(47)56)12-16-38(52)26-41(36-20-21-50-48(49)25-36)34-11-10-31-7-3-4-8-33(31)23-34/h3-4,7-8,10-11,20-21,23-25,28,30,32,37-38,40-41,43-44,51-52,54,56H,2,5-6,9,12-13,15-17,19,22,26-27,29H2,1H3,(H2,49,50)/t30-,32+,37+,38-,40+,41-,43+,44+/m0/s1. The summed E-state index contributed by atoms with van der Waals surface area (Å²) in [6, 6.07) is 22.2. The zero-order valence-corrected chi connectivity index (χ0v) is 33.0. The Balaban J connectivity index is 1.04. The zero-order valence-electron chi connectivity index (χ0n) is 33.0. The van der Waals surface area contributed by atoms with Gasteiger partial charge in [0.1, 0.15) is 17.5 Å². The molecule has 9 heteroatoms. The van der Waals surface area contributed by atoms with Gasteiger partial charge < -0.3 is 31.1 Å². The number of nitrogen functional groups attached to an aromatic ring is 1. The predicted octanol–water partition coefficient (Wildman–Crippen LogP) is 7.38. The van der Waals surface area contributed by atoms with E-state index < -0.39 is 18.1 Å². The first-order valence-electron chi connectivity index (χ1n) is 20.9. The maximum Gasteiger partial charge on any atom is 0.160 e. The van der Waals surface area contributed by atoms with Crippen molar-refractivity contribution in [2.45, 2.75) is 114 Å². The van der Waals surface area contributed by atoms with Gasteiger partial charge in [0.05, 0.1) is 19.3 Å². The number of aromatic nitrogens is 1. The van der Waals surface area contributed by atoms with Gasteiger partial charge in [-0.25, -0.2) is 4.98 Å². The Kier molecular flexibility index (Phi) is 13.2. The highest BCUT2D eigenvalue weighted by Gasteiger charge is 2.35. The number of nitrogens with zero attached hydrogens (tertiary/aromatic N) is 1. The number of methoxy groups -OCH3 is 1. The number of carbonyl (C=O) groups excluding carboxylic acids is 2. The molecular formula is C48H57N3O6. The fourth-order valence-electron chi connectivity index (χ4n) is 9.54. The third kappa shape index (κ3) is 10.0. The Morgan fingerprint density at radius 1 is 0.930 bits per heavy atom. The van der Waals surface area contributed by atoms with Gasteiger partial charge in [0, 0.05) is 43.3 Å². The van der Waals surface area contributed by atoms with E-state index in [1.807, 2.05) is 24.3 Å². The number of aromatic hydroxyl groups is 1. The smallest absolute Gasteiger partial charge is 0.160 e. The van der Waals surface area contributed by atoms with Crippen LogP contribution in [-0.2, 0) is 16.0 Å². The topological polar surface area (TPSA) is 155 Å². The molecule has 1 saturated heterocycles. The van der Waals surface area contributed by atoms with Crippen LogP contribution in [0, 0.1) is 29.6 Å². The van der Waals surface area contributed by atoms with E-state index in [-0.39, 0.29) is 29.8 Å². The van der Waals surface area contributed by atoms with Crippen molar-refractivity contribution in [1.82, 2.24) is 10.3 Å². The number of Topliss-reactive ketones (excluding diaryl/α,β-unsaturated/α-hetero) is 2. The largest absolute Gasteiger partial charge is 0.504 e. The van der Waals surface area contributed by atoms with E-state index in [0.717, 1.165) is 71.7 Å². The van der Waals surface area contributed by atoms with Crippen LogP contribution in [-0.4, -0.2) is 63.8 Å². The predicted molar refractivity (Wildman–Crippen MR) is 223 cm³/mol. The minimum atomic E-state index is -0.880. The van der Waals surface area contributed by atoms with Crippen molar-refractivity contribution in [3.05, 3.63) is 95.2 Å². The van der Waals surface area contributed by atoms with Crippen LogP contribution in [0.15, 0.2) is 72.9 Å². The molecule has 2 fully saturated rings. The number of hydrogen-bond donors (Lipinski definition) is 5. The Labute approximate surface area is 336 Å². The van der Waals surface area contributed by atoms with Crippen molar-refractivity contribution in [2.24, 2.45) is 17.8 Å². The molecule has 4 aromatic rings. The average Bonchev–Trinajstić information content (AvgIpc) is 3.27. The number of carbonyl (C=O) groups is 2. The number of phenolic OH excluding ortho intramolecular Hbond substituents is 1. The first-order valence-corrected chi connectivity index (χ1v) is 20.9. The molecule has 6 N–H and O–H groups in total. The van der Waals surface area contributed by atoms with Gasteiger partial charge in [-0.2, -0.15) is 0 Å². The van der Waals surface area contributed by atoms with Gasteiger partial charge in [0.25, 0.3) is 0 Å². The number of piperidine rings is 1. The number of nitrogens with two attached hydrogens (primary N) is 1. The highest BCUT2D eigenvalue weighted by molar-refractivity contribution is 5.85. The van der Waals surface area contributed by atoms with Gasteiger partial charge >= 0.3 is 0 Å². The molecule has 0 bridgehead atoms. The molecule has 1 saturated carbocycles. The fourth-order valence-corrected chi connectivity index (χ4v) is 9.54. The molecule has 1 aromatic heterocycles. The van der Waals surface area contributed by atoms with Crippen LogP contribution in [0.25, 0.3) is 10.8 Å². The van der Waals surface area contributed by atoms with E-state index in [2.05, 4.69) is 52.5 Å². The lowest BCUT2D eigenvalue weighted by atomic mass is 9.74. The summed E-state index contributed by atoms with van der Waals surface area (Å²) in [5, 5.41) is 39.9. The molecule has 300 valence electrons. The van der Waals surface area contributed by atoms with E-state index in [1.54, 1.807) is 18.3 Å². The SMILES string of the molecule is COc1cc2c(cc1O)[C@H](CC[C@H](O)C[C@H](c1ccnc(N)c1)c1ccc3ccccc3c1)C#C[C@H]([C@H](O)CCCC[C@@H]1CN[C@@H]3CC(=O)CC[C@@H]3C1)C(=O)CC2. The van der Waals surface area contributed by atoms with E-state index in [9.17, 15) is 24.9 Å². The van der Waals surface area contributed by atoms with Gasteiger partial charge in [-0.15, -0.1) is 0 Å². The van der Waals surface area contributed by atoms with Crippen LogP contribution in [0.1, 0.15) is 111 Å². The molecule has 2 aliphatic carbocycles. The van der Waals surface area contributed by atoms with Gasteiger partial charge in [-0.1, -0.05) is 67.1 Å². The molecule has 3 aliphatic rings. The molecule has 3 aromatic carbocycles. The number of fused-ring (bicyclic) bond motifs is 3. The minimum Gasteiger partial charge on any atom is -0.504 e. The summed E-state index contributed by atoms with van der Waals surface area (Å²) in [6.45, 7) is 0.934. The number of benzene rings is 3. The Bertz CT molecular complexity index is 2110. The normalized spacial score (nSPS) is 23.8. The maximum absolute atomic E-state index is 13.7.